The van der Waals surface area contributed by atoms with Crippen molar-refractivity contribution in [3.05, 3.63) is 11.3 Å². The molecule has 2 aliphatic heterocycles. The Labute approximate surface area is 148 Å². The number of hydrogen-bond acceptors (Lipinski definition) is 7. The number of hydrazine groups is 1. The fourth-order valence-corrected chi connectivity index (χ4v) is 3.83. The van der Waals surface area contributed by atoms with E-state index < -0.39 is 0 Å². The number of allylic oxidation sites excluding steroid dienone is 1. The molecule has 1 aliphatic carbocycles. The summed E-state index contributed by atoms with van der Waals surface area (Å²) in [5.41, 5.74) is 7.62. The number of esters is 1. The number of nitrogens with one attached hydrogen (secondary N) is 4. The molecular weight excluding hydrogens is 322 g/mol. The first-order valence-electron chi connectivity index (χ1n) is 8.97. The van der Waals surface area contributed by atoms with E-state index in [0.717, 1.165) is 32.6 Å². The fraction of sp³-hybridized carbons (Fsp3) is 0.765. The number of rotatable bonds is 4. The first kappa shape index (κ1) is 18.3. The second-order valence-electron chi connectivity index (χ2n) is 7.86. The lowest BCUT2D eigenvalue weighted by Gasteiger charge is -2.35. The SMILES string of the molecule is COC(=O)C1=C(NC(=O)C2CCC(N3CCNC3)NN2)CC(C)(C)C1. The van der Waals surface area contributed by atoms with Crippen molar-refractivity contribution in [3.8, 4) is 0 Å². The maximum atomic E-state index is 12.6. The molecule has 2 saturated heterocycles. The molecule has 3 rings (SSSR count). The van der Waals surface area contributed by atoms with Crippen molar-refractivity contribution >= 4 is 11.9 Å². The molecular formula is C17H29N5O3. The molecule has 25 heavy (non-hydrogen) atoms. The highest BCUT2D eigenvalue weighted by Gasteiger charge is 2.37. The summed E-state index contributed by atoms with van der Waals surface area (Å²) in [7, 11) is 1.38. The third kappa shape index (κ3) is 4.20. The van der Waals surface area contributed by atoms with Gasteiger partial charge in [-0.05, 0) is 31.1 Å². The largest absolute Gasteiger partial charge is 0.466 e. The van der Waals surface area contributed by atoms with E-state index in [1.54, 1.807) is 0 Å². The number of carbonyl (C=O) groups is 2. The molecule has 8 nitrogen and oxygen atoms in total. The van der Waals surface area contributed by atoms with Crippen LogP contribution in [0.25, 0.3) is 0 Å². The average Bonchev–Trinajstić information content (AvgIpc) is 3.22. The molecule has 0 spiro atoms. The second kappa shape index (κ2) is 7.41. The second-order valence-corrected chi connectivity index (χ2v) is 7.86. The molecule has 0 saturated carbocycles. The summed E-state index contributed by atoms with van der Waals surface area (Å²) in [6.07, 6.45) is 3.20. The molecule has 2 fully saturated rings. The summed E-state index contributed by atoms with van der Waals surface area (Å²) in [5.74, 6) is -0.447. The highest BCUT2D eigenvalue weighted by molar-refractivity contribution is 5.92. The monoisotopic (exact) mass is 351 g/mol. The molecule has 0 aromatic rings. The van der Waals surface area contributed by atoms with Gasteiger partial charge in [-0.2, -0.15) is 0 Å². The number of hydrogen-bond donors (Lipinski definition) is 4. The molecule has 3 aliphatic rings. The molecule has 2 atom stereocenters. The van der Waals surface area contributed by atoms with Gasteiger partial charge in [0.15, 0.2) is 0 Å². The van der Waals surface area contributed by atoms with Gasteiger partial charge < -0.3 is 15.4 Å². The minimum atomic E-state index is -0.350. The van der Waals surface area contributed by atoms with Gasteiger partial charge in [0.2, 0.25) is 5.91 Å². The Balaban J connectivity index is 1.57. The first-order chi connectivity index (χ1) is 11.9. The predicted molar refractivity (Wildman–Crippen MR) is 92.9 cm³/mol. The molecule has 2 unspecified atom stereocenters. The topological polar surface area (TPSA) is 94.7 Å². The van der Waals surface area contributed by atoms with Gasteiger partial charge in [-0.25, -0.2) is 15.6 Å². The van der Waals surface area contributed by atoms with Crippen molar-refractivity contribution in [3.63, 3.8) is 0 Å². The van der Waals surface area contributed by atoms with Gasteiger partial charge in [0.25, 0.3) is 0 Å². The minimum Gasteiger partial charge on any atom is -0.466 e. The Kier molecular flexibility index (Phi) is 5.43. The molecule has 140 valence electrons. The van der Waals surface area contributed by atoms with Crippen molar-refractivity contribution in [2.45, 2.75) is 51.7 Å². The van der Waals surface area contributed by atoms with E-state index in [4.69, 9.17) is 4.74 Å². The van der Waals surface area contributed by atoms with E-state index >= 15 is 0 Å². The van der Waals surface area contributed by atoms with Crippen molar-refractivity contribution < 1.29 is 14.3 Å². The number of methoxy groups -OCH3 is 1. The summed E-state index contributed by atoms with van der Waals surface area (Å²) < 4.78 is 4.87. The highest BCUT2D eigenvalue weighted by atomic mass is 16.5. The Morgan fingerprint density at radius 1 is 1.24 bits per heavy atom. The molecule has 1 amide bonds. The smallest absolute Gasteiger partial charge is 0.335 e. The van der Waals surface area contributed by atoms with Gasteiger partial charge >= 0.3 is 5.97 Å². The molecule has 0 aromatic carbocycles. The van der Waals surface area contributed by atoms with Crippen LogP contribution in [-0.4, -0.2) is 55.9 Å². The summed E-state index contributed by atoms with van der Waals surface area (Å²) in [4.78, 5) is 26.9. The van der Waals surface area contributed by atoms with E-state index in [0.29, 0.717) is 24.1 Å². The van der Waals surface area contributed by atoms with Crippen molar-refractivity contribution in [1.29, 1.82) is 0 Å². The quantitative estimate of drug-likeness (QED) is 0.521. The van der Waals surface area contributed by atoms with Crippen LogP contribution in [0.2, 0.25) is 0 Å². The lowest BCUT2D eigenvalue weighted by atomic mass is 9.89. The third-order valence-corrected chi connectivity index (χ3v) is 5.18. The van der Waals surface area contributed by atoms with Crippen LogP contribution in [0, 0.1) is 5.41 Å². The summed E-state index contributed by atoms with van der Waals surface area (Å²) in [5, 5.41) is 6.27. The van der Waals surface area contributed by atoms with E-state index in [2.05, 4.69) is 40.2 Å². The van der Waals surface area contributed by atoms with Crippen LogP contribution in [0.4, 0.5) is 0 Å². The van der Waals surface area contributed by atoms with Gasteiger partial charge in [-0.1, -0.05) is 13.8 Å². The van der Waals surface area contributed by atoms with E-state index in [1.807, 2.05) is 0 Å². The zero-order valence-corrected chi connectivity index (χ0v) is 15.3. The van der Waals surface area contributed by atoms with Crippen LogP contribution in [0.15, 0.2) is 11.3 Å². The Morgan fingerprint density at radius 3 is 2.64 bits per heavy atom. The number of ether oxygens (including phenoxy) is 1. The van der Waals surface area contributed by atoms with Crippen LogP contribution in [-0.2, 0) is 14.3 Å². The molecule has 0 bridgehead atoms. The zero-order valence-electron chi connectivity index (χ0n) is 15.3. The lowest BCUT2D eigenvalue weighted by Crippen LogP contribution is -2.61. The lowest BCUT2D eigenvalue weighted by molar-refractivity contribution is -0.136. The molecule has 2 heterocycles. The van der Waals surface area contributed by atoms with Crippen LogP contribution in [0.3, 0.4) is 0 Å². The Morgan fingerprint density at radius 2 is 2.04 bits per heavy atom. The van der Waals surface area contributed by atoms with Crippen molar-refractivity contribution in [1.82, 2.24) is 26.4 Å². The standard InChI is InChI=1S/C17H29N5O3/c1-17(2)8-11(16(24)25-3)13(9-17)19-15(23)12-4-5-14(21-20-12)22-7-6-18-10-22/h12,14,18,20-21H,4-10H2,1-3H3,(H,19,23). The van der Waals surface area contributed by atoms with Crippen molar-refractivity contribution in [2.75, 3.05) is 26.9 Å². The fourth-order valence-electron chi connectivity index (χ4n) is 3.83. The average molecular weight is 351 g/mol. The van der Waals surface area contributed by atoms with Gasteiger partial charge in [-0.3, -0.25) is 9.69 Å². The van der Waals surface area contributed by atoms with E-state index in [9.17, 15) is 9.59 Å². The van der Waals surface area contributed by atoms with Crippen LogP contribution >= 0.6 is 0 Å². The van der Waals surface area contributed by atoms with E-state index in [1.165, 1.54) is 7.11 Å². The third-order valence-electron chi connectivity index (χ3n) is 5.18. The van der Waals surface area contributed by atoms with Gasteiger partial charge in [-0.15, -0.1) is 0 Å². The maximum absolute atomic E-state index is 12.6. The van der Waals surface area contributed by atoms with Crippen LogP contribution in [0.1, 0.15) is 39.5 Å². The first-order valence-corrected chi connectivity index (χ1v) is 8.97. The number of amides is 1. The predicted octanol–water partition coefficient (Wildman–Crippen LogP) is -0.205. The summed E-state index contributed by atoms with van der Waals surface area (Å²) in [6, 6.07) is -0.304. The number of nitrogens with zero attached hydrogens (tertiary/aromatic N) is 1. The molecule has 0 radical (unpaired) electrons. The Hall–Kier alpha value is -1.48. The highest BCUT2D eigenvalue weighted by Crippen LogP contribution is 2.40. The molecule has 0 aromatic heterocycles. The summed E-state index contributed by atoms with van der Waals surface area (Å²) >= 11 is 0. The molecule has 4 N–H and O–H groups in total. The zero-order chi connectivity index (χ0) is 18.0. The maximum Gasteiger partial charge on any atom is 0.335 e. The molecule has 8 heteroatoms. The van der Waals surface area contributed by atoms with Gasteiger partial charge in [0.1, 0.15) is 6.04 Å². The van der Waals surface area contributed by atoms with Crippen LogP contribution < -0.4 is 21.5 Å². The number of carbonyl (C=O) groups excluding carboxylic acids is 2. The normalized spacial score (nSPS) is 29.7. The van der Waals surface area contributed by atoms with Crippen LogP contribution in [0.5, 0.6) is 0 Å². The Bertz CT molecular complexity index is 561. The van der Waals surface area contributed by atoms with Gasteiger partial charge in [0.05, 0.1) is 18.8 Å². The summed E-state index contributed by atoms with van der Waals surface area (Å²) in [6.45, 7) is 7.07. The van der Waals surface area contributed by atoms with Crippen molar-refractivity contribution in [2.24, 2.45) is 5.41 Å². The van der Waals surface area contributed by atoms with Gasteiger partial charge in [0, 0.05) is 25.5 Å². The minimum absolute atomic E-state index is 0.0434. The van der Waals surface area contributed by atoms with E-state index in [-0.39, 0.29) is 29.5 Å².